The third kappa shape index (κ3) is 2.96. The summed E-state index contributed by atoms with van der Waals surface area (Å²) in [6.45, 7) is 0.0781. The monoisotopic (exact) mass is 242 g/mol. The van der Waals surface area contributed by atoms with Crippen LogP contribution in [0.15, 0.2) is 48.5 Å². The Morgan fingerprint density at radius 2 is 1.94 bits per heavy atom. The molecule has 2 rings (SSSR count). The normalized spacial score (nSPS) is 10.1. The van der Waals surface area contributed by atoms with E-state index in [-0.39, 0.29) is 6.61 Å². The van der Waals surface area contributed by atoms with Crippen molar-refractivity contribution in [1.82, 2.24) is 0 Å². The summed E-state index contributed by atoms with van der Waals surface area (Å²) in [5.74, 6) is 1.32. The van der Waals surface area contributed by atoms with Gasteiger partial charge in [-0.1, -0.05) is 30.3 Å². The molecule has 3 nitrogen and oxygen atoms in total. The summed E-state index contributed by atoms with van der Waals surface area (Å²) in [7, 11) is 0. The van der Waals surface area contributed by atoms with E-state index in [2.05, 4.69) is 0 Å². The summed E-state index contributed by atoms with van der Waals surface area (Å²) in [6, 6.07) is 14.5. The molecule has 0 saturated carbocycles. The van der Waals surface area contributed by atoms with Gasteiger partial charge in [-0.3, -0.25) is 4.79 Å². The van der Waals surface area contributed by atoms with Gasteiger partial charge in [0.25, 0.3) is 0 Å². The van der Waals surface area contributed by atoms with Crippen molar-refractivity contribution in [2.75, 3.05) is 6.61 Å². The summed E-state index contributed by atoms with van der Waals surface area (Å²) in [5, 5.41) is 8.99. The number of hydrogen-bond donors (Lipinski definition) is 1. The molecule has 0 aromatic heterocycles. The smallest absolute Gasteiger partial charge is 0.150 e. The molecule has 0 unspecified atom stereocenters. The van der Waals surface area contributed by atoms with Crippen molar-refractivity contribution >= 4 is 6.29 Å². The lowest BCUT2D eigenvalue weighted by Gasteiger charge is -2.10. The third-order valence-electron chi connectivity index (χ3n) is 2.58. The van der Waals surface area contributed by atoms with Gasteiger partial charge in [-0.2, -0.15) is 0 Å². The Bertz CT molecular complexity index is 535. The van der Waals surface area contributed by atoms with E-state index in [0.29, 0.717) is 23.5 Å². The summed E-state index contributed by atoms with van der Waals surface area (Å²) < 4.78 is 5.73. The van der Waals surface area contributed by atoms with E-state index in [0.717, 1.165) is 11.8 Å². The van der Waals surface area contributed by atoms with Gasteiger partial charge in [0.2, 0.25) is 0 Å². The van der Waals surface area contributed by atoms with Crippen molar-refractivity contribution in [2.24, 2.45) is 0 Å². The number of carbonyl (C=O) groups is 1. The van der Waals surface area contributed by atoms with E-state index in [1.54, 1.807) is 24.3 Å². The zero-order chi connectivity index (χ0) is 12.8. The number of aliphatic hydroxyl groups is 1. The van der Waals surface area contributed by atoms with Crippen molar-refractivity contribution < 1.29 is 14.6 Å². The molecule has 92 valence electrons. The van der Waals surface area contributed by atoms with Crippen molar-refractivity contribution in [3.8, 4) is 11.5 Å². The molecular weight excluding hydrogens is 228 g/mol. The van der Waals surface area contributed by atoms with E-state index in [9.17, 15) is 4.79 Å². The molecular formula is C15H14O3. The first-order valence-electron chi connectivity index (χ1n) is 5.75. The van der Waals surface area contributed by atoms with Crippen LogP contribution < -0.4 is 4.74 Å². The van der Waals surface area contributed by atoms with E-state index >= 15 is 0 Å². The standard InChI is InChI=1S/C15H14O3/c16-9-8-13-5-1-2-7-15(13)18-14-6-3-4-12(10-14)11-17/h1-7,10-11,16H,8-9H2. The van der Waals surface area contributed by atoms with Crippen molar-refractivity contribution in [2.45, 2.75) is 6.42 Å². The van der Waals surface area contributed by atoms with E-state index in [1.807, 2.05) is 24.3 Å². The van der Waals surface area contributed by atoms with Crippen LogP contribution in [0.5, 0.6) is 11.5 Å². The van der Waals surface area contributed by atoms with E-state index in [1.165, 1.54) is 0 Å². The number of hydrogen-bond acceptors (Lipinski definition) is 3. The molecule has 3 heteroatoms. The zero-order valence-electron chi connectivity index (χ0n) is 9.87. The minimum Gasteiger partial charge on any atom is -0.457 e. The molecule has 0 saturated heterocycles. The largest absolute Gasteiger partial charge is 0.457 e. The fraction of sp³-hybridized carbons (Fsp3) is 0.133. The molecule has 0 bridgehead atoms. The maximum absolute atomic E-state index is 10.7. The lowest BCUT2D eigenvalue weighted by Crippen LogP contribution is -1.95. The van der Waals surface area contributed by atoms with Crippen LogP contribution in [-0.4, -0.2) is 18.0 Å². The van der Waals surface area contributed by atoms with E-state index < -0.39 is 0 Å². The molecule has 0 amide bonds. The fourth-order valence-corrected chi connectivity index (χ4v) is 1.71. The molecule has 2 aromatic rings. The van der Waals surface area contributed by atoms with Crippen molar-refractivity contribution in [3.05, 3.63) is 59.7 Å². The Balaban J connectivity index is 2.24. The molecule has 1 N–H and O–H groups in total. The van der Waals surface area contributed by atoms with Crippen LogP contribution in [0.25, 0.3) is 0 Å². The van der Waals surface area contributed by atoms with Crippen LogP contribution in [-0.2, 0) is 6.42 Å². The number of ether oxygens (including phenoxy) is 1. The average Bonchev–Trinajstić information content (AvgIpc) is 2.41. The first-order chi connectivity index (χ1) is 8.83. The molecule has 0 spiro atoms. The Morgan fingerprint density at radius 1 is 1.11 bits per heavy atom. The Labute approximate surface area is 106 Å². The quantitative estimate of drug-likeness (QED) is 0.820. The number of rotatable bonds is 5. The highest BCUT2D eigenvalue weighted by molar-refractivity contribution is 5.75. The minimum atomic E-state index is 0.0781. The van der Waals surface area contributed by atoms with Gasteiger partial charge in [0.05, 0.1) is 0 Å². The van der Waals surface area contributed by atoms with Gasteiger partial charge in [0, 0.05) is 12.2 Å². The minimum absolute atomic E-state index is 0.0781. The molecule has 18 heavy (non-hydrogen) atoms. The van der Waals surface area contributed by atoms with Gasteiger partial charge in [0.15, 0.2) is 0 Å². The summed E-state index contributed by atoms with van der Waals surface area (Å²) >= 11 is 0. The Morgan fingerprint density at radius 3 is 2.72 bits per heavy atom. The Hall–Kier alpha value is -2.13. The SMILES string of the molecule is O=Cc1cccc(Oc2ccccc2CCO)c1. The average molecular weight is 242 g/mol. The maximum atomic E-state index is 10.7. The lowest BCUT2D eigenvalue weighted by atomic mass is 10.1. The molecule has 0 radical (unpaired) electrons. The van der Waals surface area contributed by atoms with Crippen LogP contribution in [0, 0.1) is 0 Å². The number of para-hydroxylation sites is 1. The molecule has 2 aromatic carbocycles. The van der Waals surface area contributed by atoms with Gasteiger partial charge in [0.1, 0.15) is 17.8 Å². The molecule has 0 fully saturated rings. The van der Waals surface area contributed by atoms with Crippen LogP contribution >= 0.6 is 0 Å². The maximum Gasteiger partial charge on any atom is 0.150 e. The van der Waals surface area contributed by atoms with Crippen LogP contribution in [0.2, 0.25) is 0 Å². The number of carbonyl (C=O) groups excluding carboxylic acids is 1. The first kappa shape index (κ1) is 12.3. The Kier molecular flexibility index (Phi) is 4.10. The molecule has 0 heterocycles. The molecule has 0 atom stereocenters. The third-order valence-corrected chi connectivity index (χ3v) is 2.58. The number of aldehydes is 1. The first-order valence-corrected chi connectivity index (χ1v) is 5.75. The molecule has 0 aliphatic carbocycles. The highest BCUT2D eigenvalue weighted by Crippen LogP contribution is 2.25. The number of benzene rings is 2. The molecule has 0 aliphatic rings. The predicted molar refractivity (Wildman–Crippen MR) is 69.1 cm³/mol. The second kappa shape index (κ2) is 5.98. The van der Waals surface area contributed by atoms with Gasteiger partial charge < -0.3 is 9.84 Å². The summed E-state index contributed by atoms with van der Waals surface area (Å²) in [5.41, 5.74) is 1.52. The highest BCUT2D eigenvalue weighted by Gasteiger charge is 2.04. The van der Waals surface area contributed by atoms with Crippen molar-refractivity contribution in [1.29, 1.82) is 0 Å². The predicted octanol–water partition coefficient (Wildman–Crippen LogP) is 2.83. The van der Waals surface area contributed by atoms with E-state index in [4.69, 9.17) is 9.84 Å². The summed E-state index contributed by atoms with van der Waals surface area (Å²) in [6.07, 6.45) is 1.33. The van der Waals surface area contributed by atoms with Crippen LogP contribution in [0.3, 0.4) is 0 Å². The van der Waals surface area contributed by atoms with Gasteiger partial charge in [-0.25, -0.2) is 0 Å². The van der Waals surface area contributed by atoms with Gasteiger partial charge >= 0.3 is 0 Å². The number of aliphatic hydroxyl groups excluding tert-OH is 1. The second-order valence-electron chi connectivity index (χ2n) is 3.87. The van der Waals surface area contributed by atoms with Gasteiger partial charge in [-0.05, 0) is 30.2 Å². The summed E-state index contributed by atoms with van der Waals surface area (Å²) in [4.78, 5) is 10.7. The van der Waals surface area contributed by atoms with Crippen LogP contribution in [0.1, 0.15) is 15.9 Å². The second-order valence-corrected chi connectivity index (χ2v) is 3.87. The van der Waals surface area contributed by atoms with Crippen molar-refractivity contribution in [3.63, 3.8) is 0 Å². The lowest BCUT2D eigenvalue weighted by molar-refractivity contribution is 0.112. The highest BCUT2D eigenvalue weighted by atomic mass is 16.5. The topological polar surface area (TPSA) is 46.5 Å². The fourth-order valence-electron chi connectivity index (χ4n) is 1.71. The van der Waals surface area contributed by atoms with Crippen LogP contribution in [0.4, 0.5) is 0 Å². The van der Waals surface area contributed by atoms with Gasteiger partial charge in [-0.15, -0.1) is 0 Å². The zero-order valence-corrected chi connectivity index (χ0v) is 9.87. The molecule has 0 aliphatic heterocycles.